The first kappa shape index (κ1) is 13.6. The van der Waals surface area contributed by atoms with Gasteiger partial charge in [0.1, 0.15) is 5.75 Å². The molecule has 1 aliphatic heterocycles. The molecule has 2 rings (SSSR count). The number of likely N-dealkylation sites (tertiary alicyclic amines) is 1. The number of hydrogen-bond acceptors (Lipinski definition) is 3. The molecule has 1 aromatic carbocycles. The highest BCUT2D eigenvalue weighted by Gasteiger charge is 2.32. The van der Waals surface area contributed by atoms with Gasteiger partial charge in [-0.25, -0.2) is 0 Å². The van der Waals surface area contributed by atoms with Crippen LogP contribution in [0.25, 0.3) is 0 Å². The van der Waals surface area contributed by atoms with Crippen LogP contribution in [0.5, 0.6) is 5.75 Å². The fraction of sp³-hybridized carbons (Fsp3) is 0.462. The molecule has 0 aliphatic carbocycles. The summed E-state index contributed by atoms with van der Waals surface area (Å²) in [7, 11) is 0. The fourth-order valence-corrected chi connectivity index (χ4v) is 2.74. The Labute approximate surface area is 120 Å². The molecule has 3 N–H and O–H groups in total. The van der Waals surface area contributed by atoms with E-state index in [2.05, 4.69) is 0 Å². The molecule has 98 valence electrons. The molecule has 1 fully saturated rings. The summed E-state index contributed by atoms with van der Waals surface area (Å²) >= 11 is 2.03. The lowest BCUT2D eigenvalue weighted by molar-refractivity contribution is 0.0743. The molecular formula is C13H17IN2O2. The summed E-state index contributed by atoms with van der Waals surface area (Å²) < 4.78 is 0.749. The second-order valence-corrected chi connectivity index (χ2v) is 5.97. The van der Waals surface area contributed by atoms with E-state index in [-0.39, 0.29) is 17.7 Å². The maximum atomic E-state index is 12.4. The highest BCUT2D eigenvalue weighted by molar-refractivity contribution is 14.1. The van der Waals surface area contributed by atoms with Crippen LogP contribution < -0.4 is 5.73 Å². The molecule has 0 bridgehead atoms. The predicted octanol–water partition coefficient (Wildman–Crippen LogP) is 1.81. The maximum absolute atomic E-state index is 12.4. The third-order valence-electron chi connectivity index (χ3n) is 3.45. The Morgan fingerprint density at radius 3 is 2.89 bits per heavy atom. The van der Waals surface area contributed by atoms with E-state index in [1.54, 1.807) is 12.1 Å². The van der Waals surface area contributed by atoms with Crippen LogP contribution in [-0.2, 0) is 0 Å². The number of phenols is 1. The largest absolute Gasteiger partial charge is 0.507 e. The van der Waals surface area contributed by atoms with Gasteiger partial charge >= 0.3 is 0 Å². The number of carbonyl (C=O) groups is 1. The molecule has 1 amide bonds. The number of aromatic hydroxyl groups is 1. The maximum Gasteiger partial charge on any atom is 0.254 e. The van der Waals surface area contributed by atoms with Gasteiger partial charge in [0.05, 0.1) is 3.57 Å². The van der Waals surface area contributed by atoms with E-state index in [9.17, 15) is 9.90 Å². The molecule has 2 atom stereocenters. The molecule has 0 radical (unpaired) electrons. The zero-order valence-electron chi connectivity index (χ0n) is 10.3. The Kier molecular flexibility index (Phi) is 4.11. The van der Waals surface area contributed by atoms with Crippen LogP contribution in [0.2, 0.25) is 0 Å². The molecule has 0 saturated carbocycles. The van der Waals surface area contributed by atoms with Crippen LogP contribution in [0.15, 0.2) is 18.2 Å². The number of nitrogens with two attached hydrogens (primary N) is 1. The molecule has 0 spiro atoms. The Morgan fingerprint density at radius 1 is 1.61 bits per heavy atom. The minimum atomic E-state index is -0.0230. The molecule has 1 heterocycles. The number of hydrogen-bond donors (Lipinski definition) is 2. The Balaban J connectivity index is 2.18. The number of amides is 1. The first-order chi connectivity index (χ1) is 8.52. The quantitative estimate of drug-likeness (QED) is 0.791. The van der Waals surface area contributed by atoms with Crippen LogP contribution in [0.3, 0.4) is 0 Å². The fourth-order valence-electron chi connectivity index (χ4n) is 2.41. The summed E-state index contributed by atoms with van der Waals surface area (Å²) in [5.41, 5.74) is 6.20. The number of nitrogens with zero attached hydrogens (tertiary/aromatic N) is 1. The smallest absolute Gasteiger partial charge is 0.254 e. The molecule has 4 nitrogen and oxygen atoms in total. The van der Waals surface area contributed by atoms with Crippen molar-refractivity contribution in [1.82, 2.24) is 4.90 Å². The van der Waals surface area contributed by atoms with Crippen LogP contribution in [-0.4, -0.2) is 35.0 Å². The summed E-state index contributed by atoms with van der Waals surface area (Å²) in [5.74, 6) is 0.523. The van der Waals surface area contributed by atoms with Gasteiger partial charge in [-0.3, -0.25) is 4.79 Å². The van der Waals surface area contributed by atoms with Crippen molar-refractivity contribution in [3.8, 4) is 5.75 Å². The Hall–Kier alpha value is -0.820. The van der Waals surface area contributed by atoms with Gasteiger partial charge in [-0.1, -0.05) is 0 Å². The highest BCUT2D eigenvalue weighted by atomic mass is 127. The lowest BCUT2D eigenvalue weighted by Gasteiger charge is -2.21. The van der Waals surface area contributed by atoms with Crippen molar-refractivity contribution in [2.45, 2.75) is 19.4 Å². The van der Waals surface area contributed by atoms with Crippen molar-refractivity contribution >= 4 is 28.5 Å². The summed E-state index contributed by atoms with van der Waals surface area (Å²) in [6, 6.07) is 5.26. The second-order valence-electron chi connectivity index (χ2n) is 4.81. The molecule has 1 aromatic rings. The van der Waals surface area contributed by atoms with Gasteiger partial charge in [0.15, 0.2) is 0 Å². The minimum absolute atomic E-state index is 0.0230. The van der Waals surface area contributed by atoms with E-state index in [0.29, 0.717) is 24.6 Å². The number of benzene rings is 1. The summed E-state index contributed by atoms with van der Waals surface area (Å²) in [5, 5.41) is 9.66. The van der Waals surface area contributed by atoms with Crippen LogP contribution in [0.1, 0.15) is 23.7 Å². The van der Waals surface area contributed by atoms with Crippen molar-refractivity contribution < 1.29 is 9.90 Å². The van der Waals surface area contributed by atoms with Crippen LogP contribution >= 0.6 is 22.6 Å². The zero-order chi connectivity index (χ0) is 13.3. The standard InChI is InChI=1S/C13H17IN2O2/c1-8-4-9(6-15)7-16(8)13(18)10-2-3-11(14)12(17)5-10/h2-3,5,8-9,17H,4,6-7,15H2,1H3. The zero-order valence-corrected chi connectivity index (χ0v) is 12.4. The van der Waals surface area contributed by atoms with E-state index in [1.807, 2.05) is 34.4 Å². The Morgan fingerprint density at radius 2 is 2.33 bits per heavy atom. The lowest BCUT2D eigenvalue weighted by atomic mass is 10.1. The van der Waals surface area contributed by atoms with Crippen molar-refractivity contribution in [2.24, 2.45) is 11.7 Å². The first-order valence-electron chi connectivity index (χ1n) is 6.02. The predicted molar refractivity (Wildman–Crippen MR) is 78.5 cm³/mol. The van der Waals surface area contributed by atoms with Gasteiger partial charge in [-0.2, -0.15) is 0 Å². The molecule has 0 aromatic heterocycles. The van der Waals surface area contributed by atoms with Crippen molar-refractivity contribution in [3.05, 3.63) is 27.3 Å². The number of halogens is 1. The highest BCUT2D eigenvalue weighted by Crippen LogP contribution is 2.26. The molecular weight excluding hydrogens is 343 g/mol. The van der Waals surface area contributed by atoms with Gasteiger partial charge in [-0.05, 0) is 66.6 Å². The van der Waals surface area contributed by atoms with Gasteiger partial charge < -0.3 is 15.7 Å². The number of rotatable bonds is 2. The van der Waals surface area contributed by atoms with Gasteiger partial charge in [-0.15, -0.1) is 0 Å². The van der Waals surface area contributed by atoms with E-state index in [4.69, 9.17) is 5.73 Å². The summed E-state index contributed by atoms with van der Waals surface area (Å²) in [4.78, 5) is 14.2. The SMILES string of the molecule is CC1CC(CN)CN1C(=O)c1ccc(I)c(O)c1. The average molecular weight is 360 g/mol. The lowest BCUT2D eigenvalue weighted by Crippen LogP contribution is -2.34. The monoisotopic (exact) mass is 360 g/mol. The minimum Gasteiger partial charge on any atom is -0.507 e. The number of phenolic OH excluding ortho intramolecular Hbond substituents is 1. The van der Waals surface area contributed by atoms with Crippen molar-refractivity contribution in [1.29, 1.82) is 0 Å². The normalized spacial score (nSPS) is 23.4. The van der Waals surface area contributed by atoms with Gasteiger partial charge in [0.25, 0.3) is 5.91 Å². The molecule has 1 saturated heterocycles. The van der Waals surface area contributed by atoms with Crippen molar-refractivity contribution in [2.75, 3.05) is 13.1 Å². The van der Waals surface area contributed by atoms with Crippen molar-refractivity contribution in [3.63, 3.8) is 0 Å². The average Bonchev–Trinajstić information content (AvgIpc) is 2.73. The van der Waals surface area contributed by atoms with E-state index in [1.165, 1.54) is 6.07 Å². The Bertz CT molecular complexity index is 464. The van der Waals surface area contributed by atoms with Crippen LogP contribution in [0, 0.1) is 9.49 Å². The summed E-state index contributed by atoms with van der Waals surface area (Å²) in [6.45, 7) is 3.37. The van der Waals surface area contributed by atoms with Crippen LogP contribution in [0.4, 0.5) is 0 Å². The molecule has 5 heteroatoms. The summed E-state index contributed by atoms with van der Waals surface area (Å²) in [6.07, 6.45) is 0.957. The van der Waals surface area contributed by atoms with Gasteiger partial charge in [0.2, 0.25) is 0 Å². The second kappa shape index (κ2) is 5.44. The molecule has 1 aliphatic rings. The first-order valence-corrected chi connectivity index (χ1v) is 7.10. The molecule has 18 heavy (non-hydrogen) atoms. The third kappa shape index (κ3) is 2.61. The topological polar surface area (TPSA) is 66.6 Å². The van der Waals surface area contributed by atoms with E-state index >= 15 is 0 Å². The van der Waals surface area contributed by atoms with E-state index < -0.39 is 0 Å². The third-order valence-corrected chi connectivity index (χ3v) is 4.36. The van der Waals surface area contributed by atoms with E-state index in [0.717, 1.165) is 9.99 Å². The number of carbonyl (C=O) groups excluding carboxylic acids is 1. The molecule has 2 unspecified atom stereocenters. The van der Waals surface area contributed by atoms with Gasteiger partial charge in [0, 0.05) is 18.2 Å².